The van der Waals surface area contributed by atoms with Crippen LogP contribution in [-0.2, 0) is 15.9 Å². The van der Waals surface area contributed by atoms with E-state index in [4.69, 9.17) is 9.47 Å². The van der Waals surface area contributed by atoms with Crippen molar-refractivity contribution >= 4 is 38.7 Å². The summed E-state index contributed by atoms with van der Waals surface area (Å²) in [6.45, 7) is 5.11. The Bertz CT molecular complexity index is 953. The number of nitrogens with zero attached hydrogens (tertiary/aromatic N) is 2. The predicted octanol–water partition coefficient (Wildman–Crippen LogP) is 3.91. The minimum atomic E-state index is -1.12. The van der Waals surface area contributed by atoms with E-state index in [1.165, 1.54) is 23.6 Å². The van der Waals surface area contributed by atoms with Gasteiger partial charge in [0, 0.05) is 29.5 Å². The molecule has 25 heavy (non-hydrogen) atoms. The molecule has 0 fully saturated rings. The van der Waals surface area contributed by atoms with E-state index in [1.807, 2.05) is 6.07 Å². The van der Waals surface area contributed by atoms with Crippen LogP contribution in [0.25, 0.3) is 10.2 Å². The molecule has 1 aromatic carbocycles. The van der Waals surface area contributed by atoms with Gasteiger partial charge in [0.05, 0.1) is 16.0 Å². The number of aromatic nitrogens is 2. The van der Waals surface area contributed by atoms with Gasteiger partial charge in [0.25, 0.3) is 0 Å². The number of allylic oxidation sites excluding steroid dienone is 1. The van der Waals surface area contributed by atoms with Gasteiger partial charge in [0.15, 0.2) is 5.69 Å². The number of hydrogen-bond acceptors (Lipinski definition) is 7. The lowest BCUT2D eigenvalue weighted by molar-refractivity contribution is 0.0621. The van der Waals surface area contributed by atoms with E-state index >= 15 is 0 Å². The molecule has 0 N–H and O–H groups in total. The van der Waals surface area contributed by atoms with Crippen molar-refractivity contribution in [2.24, 2.45) is 0 Å². The zero-order valence-electron chi connectivity index (χ0n) is 13.5. The van der Waals surface area contributed by atoms with Gasteiger partial charge in [-0.2, -0.15) is 4.98 Å². The molecule has 0 saturated heterocycles. The van der Waals surface area contributed by atoms with Gasteiger partial charge in [-0.05, 0) is 25.1 Å². The van der Waals surface area contributed by atoms with Gasteiger partial charge in [-0.3, -0.25) is 0 Å². The van der Waals surface area contributed by atoms with Crippen LogP contribution in [0, 0.1) is 0 Å². The van der Waals surface area contributed by atoms with Gasteiger partial charge in [-0.25, -0.2) is 9.78 Å². The normalized spacial score (nSPS) is 12.0. The molecule has 1 unspecified atom stereocenters. The number of hydrogen-bond donors (Lipinski definition) is 0. The lowest BCUT2D eigenvalue weighted by Crippen LogP contribution is -2.05. The van der Waals surface area contributed by atoms with Crippen LogP contribution in [0.3, 0.4) is 0 Å². The highest BCUT2D eigenvalue weighted by molar-refractivity contribution is 7.92. The van der Waals surface area contributed by atoms with E-state index in [2.05, 4.69) is 16.5 Å². The number of fused-ring (bicyclic) bond motifs is 1. The maximum Gasteiger partial charge on any atom is 0.362 e. The van der Waals surface area contributed by atoms with Crippen molar-refractivity contribution in [1.29, 1.82) is 0 Å². The van der Waals surface area contributed by atoms with Gasteiger partial charge in [-0.1, -0.05) is 17.9 Å². The molecular weight excluding hydrogens is 360 g/mol. The van der Waals surface area contributed by atoms with Gasteiger partial charge in [-0.15, -0.1) is 0 Å². The Morgan fingerprint density at radius 2 is 2.04 bits per heavy atom. The van der Waals surface area contributed by atoms with Crippen LogP contribution in [0.15, 0.2) is 53.2 Å². The molecule has 0 aliphatic rings. The van der Waals surface area contributed by atoms with Gasteiger partial charge >= 0.3 is 10.3 Å². The van der Waals surface area contributed by atoms with Crippen molar-refractivity contribution in [2.75, 3.05) is 6.26 Å². The predicted molar refractivity (Wildman–Crippen MR) is 96.5 cm³/mol. The number of esters is 1. The average molecular weight is 374 g/mol. The minimum Gasteiger partial charge on any atom is -0.610 e. The fourth-order valence-corrected chi connectivity index (χ4v) is 3.69. The van der Waals surface area contributed by atoms with E-state index in [-0.39, 0.29) is 11.5 Å². The summed E-state index contributed by atoms with van der Waals surface area (Å²) in [4.78, 5) is 20.1. The molecule has 8 heteroatoms. The molecule has 0 aliphatic carbocycles. The summed E-state index contributed by atoms with van der Waals surface area (Å²) in [6.07, 6.45) is 3.06. The van der Waals surface area contributed by atoms with Crippen molar-refractivity contribution in [2.45, 2.75) is 11.3 Å². The molecule has 0 aliphatic heterocycles. The number of benzene rings is 1. The molecule has 3 aromatic rings. The molecule has 0 bridgehead atoms. The summed E-state index contributed by atoms with van der Waals surface area (Å²) >= 11 is 0.238. The molecule has 0 spiro atoms. The lowest BCUT2D eigenvalue weighted by Gasteiger charge is -2.07. The largest absolute Gasteiger partial charge is 0.610 e. The van der Waals surface area contributed by atoms with Crippen LogP contribution >= 0.6 is 11.3 Å². The Labute approximate surface area is 151 Å². The van der Waals surface area contributed by atoms with Crippen molar-refractivity contribution in [3.63, 3.8) is 0 Å². The second-order valence-electron chi connectivity index (χ2n) is 5.13. The maximum atomic E-state index is 11.9. The Morgan fingerprint density at radius 3 is 2.76 bits per heavy atom. The van der Waals surface area contributed by atoms with Crippen molar-refractivity contribution in [3.05, 3.63) is 54.6 Å². The second-order valence-corrected chi connectivity index (χ2v) is 7.72. The van der Waals surface area contributed by atoms with E-state index < -0.39 is 17.1 Å². The van der Waals surface area contributed by atoms with Crippen LogP contribution in [0.4, 0.5) is 0 Å². The highest BCUT2D eigenvalue weighted by Gasteiger charge is 2.14. The topological polar surface area (TPSA) is 84.4 Å². The molecule has 0 amide bonds. The first-order valence-electron chi connectivity index (χ1n) is 7.18. The number of carbonyl (C=O) groups excluding carboxylic acids is 1. The number of rotatable bonds is 5. The fourth-order valence-electron chi connectivity index (χ4n) is 2.00. The lowest BCUT2D eigenvalue weighted by atomic mass is 10.3. The van der Waals surface area contributed by atoms with Gasteiger partial charge < -0.3 is 14.0 Å². The summed E-state index contributed by atoms with van der Waals surface area (Å²) in [6, 6.07) is 8.51. The Hall–Kier alpha value is -2.42. The zero-order chi connectivity index (χ0) is 18.0. The monoisotopic (exact) mass is 374 g/mol. The molecule has 2 aromatic heterocycles. The smallest absolute Gasteiger partial charge is 0.362 e. The third-order valence-corrected chi connectivity index (χ3v) is 5.38. The molecule has 6 nitrogen and oxygen atoms in total. The summed E-state index contributed by atoms with van der Waals surface area (Å²) in [5.41, 5.74) is 0.894. The first-order valence-corrected chi connectivity index (χ1v) is 9.55. The van der Waals surface area contributed by atoms with Crippen molar-refractivity contribution in [3.8, 4) is 11.5 Å². The van der Waals surface area contributed by atoms with Crippen molar-refractivity contribution < 1.29 is 18.8 Å². The molecule has 2 heterocycles. The third-order valence-electron chi connectivity index (χ3n) is 3.03. The number of carbonyl (C=O) groups is 1. The van der Waals surface area contributed by atoms with Gasteiger partial charge in [0.1, 0.15) is 17.8 Å². The van der Waals surface area contributed by atoms with Gasteiger partial charge in [0.2, 0.25) is 0 Å². The summed E-state index contributed by atoms with van der Waals surface area (Å²) < 4.78 is 23.7. The van der Waals surface area contributed by atoms with E-state index in [9.17, 15) is 9.35 Å². The Morgan fingerprint density at radius 1 is 1.28 bits per heavy atom. The van der Waals surface area contributed by atoms with E-state index in [0.717, 1.165) is 10.2 Å². The fraction of sp³-hybridized carbons (Fsp3) is 0.118. The molecule has 3 rings (SSSR count). The quantitative estimate of drug-likeness (QED) is 0.382. The maximum absolute atomic E-state index is 11.9. The third kappa shape index (κ3) is 4.16. The summed E-state index contributed by atoms with van der Waals surface area (Å²) in [5, 5.41) is 0. The first kappa shape index (κ1) is 17.4. The van der Waals surface area contributed by atoms with E-state index in [0.29, 0.717) is 15.8 Å². The molecule has 1 atom stereocenters. The van der Waals surface area contributed by atoms with Crippen LogP contribution in [0.1, 0.15) is 17.4 Å². The molecule has 128 valence electrons. The summed E-state index contributed by atoms with van der Waals surface area (Å²) in [5.74, 6) is 0.727. The standard InChI is InChI=1S/C17H14N2O4S2/c1-10(2)22-16(20)14-8-12(6-7-18-14)23-11-4-5-13-15(9-11)24-17(19-13)25(3)21/h4-9H,1H2,2-3H3. The number of pyridine rings is 1. The minimum absolute atomic E-state index is 0.128. The molecule has 0 saturated carbocycles. The first-order chi connectivity index (χ1) is 11.9. The second kappa shape index (κ2) is 7.22. The van der Waals surface area contributed by atoms with Crippen LogP contribution in [0.5, 0.6) is 11.5 Å². The summed E-state index contributed by atoms with van der Waals surface area (Å²) in [7, 11) is 0. The SMILES string of the molecule is C=C(C)OC(=O)c1cc(Oc2ccc3nc([S+](C)[O-])sc3c2)ccn1. The van der Waals surface area contributed by atoms with Crippen LogP contribution < -0.4 is 4.74 Å². The van der Waals surface area contributed by atoms with Crippen LogP contribution in [-0.4, -0.2) is 26.7 Å². The number of ether oxygens (including phenoxy) is 2. The zero-order valence-corrected chi connectivity index (χ0v) is 15.1. The molecule has 0 radical (unpaired) electrons. The van der Waals surface area contributed by atoms with Crippen LogP contribution in [0.2, 0.25) is 0 Å². The van der Waals surface area contributed by atoms with Crippen molar-refractivity contribution in [1.82, 2.24) is 9.97 Å². The Kier molecular flexibility index (Phi) is 5.03. The Balaban J connectivity index is 1.83. The average Bonchev–Trinajstić information content (AvgIpc) is 2.98. The number of thiazole rings is 1. The van der Waals surface area contributed by atoms with E-state index in [1.54, 1.807) is 31.4 Å². The highest BCUT2D eigenvalue weighted by atomic mass is 32.2. The molecular formula is C17H14N2O4S2. The highest BCUT2D eigenvalue weighted by Crippen LogP contribution is 2.30.